The molecule has 0 radical (unpaired) electrons. The second kappa shape index (κ2) is 9.40. The summed E-state index contributed by atoms with van der Waals surface area (Å²) in [5, 5.41) is 3.87. The summed E-state index contributed by atoms with van der Waals surface area (Å²) in [6.45, 7) is 7.36. The molecule has 0 atom stereocenters. The van der Waals surface area contributed by atoms with E-state index in [0.29, 0.717) is 48.8 Å². The van der Waals surface area contributed by atoms with E-state index in [1.165, 1.54) is 6.07 Å². The van der Waals surface area contributed by atoms with Gasteiger partial charge in [0.15, 0.2) is 5.76 Å². The molecule has 2 heterocycles. The highest BCUT2D eigenvalue weighted by molar-refractivity contribution is 7.89. The lowest BCUT2D eigenvalue weighted by molar-refractivity contribution is 0.261. The Hall–Kier alpha value is -2.75. The van der Waals surface area contributed by atoms with Crippen molar-refractivity contribution in [3.63, 3.8) is 0 Å². The van der Waals surface area contributed by atoms with Gasteiger partial charge in [0.1, 0.15) is 5.82 Å². The van der Waals surface area contributed by atoms with Crippen LogP contribution in [0.3, 0.4) is 0 Å². The molecule has 170 valence electrons. The van der Waals surface area contributed by atoms with E-state index in [1.54, 1.807) is 37.3 Å². The lowest BCUT2D eigenvalue weighted by Gasteiger charge is -2.36. The van der Waals surface area contributed by atoms with Crippen LogP contribution < -0.4 is 9.62 Å². The molecule has 4 rings (SSSR count). The van der Waals surface area contributed by atoms with Crippen LogP contribution in [-0.4, -0.2) is 57.7 Å². The zero-order valence-electron chi connectivity index (χ0n) is 18.2. The van der Waals surface area contributed by atoms with Gasteiger partial charge < -0.3 is 9.42 Å². The van der Waals surface area contributed by atoms with E-state index in [1.807, 2.05) is 24.0 Å². The standard InChI is InChI=1S/C23H27FN4O3S/c1-17-7-8-19(22-15-18(2)26-31-22)16-23(17)32(29,30)25-9-10-27-11-13-28(14-12-27)21-6-4-3-5-20(21)24/h3-8,15-16,25H,9-14H2,1-2H3. The molecule has 2 aromatic carbocycles. The number of hydrogen-bond acceptors (Lipinski definition) is 6. The predicted molar refractivity (Wildman–Crippen MR) is 122 cm³/mol. The Morgan fingerprint density at radius 3 is 2.50 bits per heavy atom. The summed E-state index contributed by atoms with van der Waals surface area (Å²) < 4.78 is 47.8. The third kappa shape index (κ3) is 5.01. The van der Waals surface area contributed by atoms with Crippen LogP contribution >= 0.6 is 0 Å². The fourth-order valence-electron chi connectivity index (χ4n) is 3.88. The highest BCUT2D eigenvalue weighted by Crippen LogP contribution is 2.26. The van der Waals surface area contributed by atoms with Crippen LogP contribution in [0, 0.1) is 19.7 Å². The van der Waals surface area contributed by atoms with Gasteiger partial charge in [0.05, 0.1) is 16.3 Å². The Balaban J connectivity index is 1.34. The third-order valence-electron chi connectivity index (χ3n) is 5.68. The highest BCUT2D eigenvalue weighted by atomic mass is 32.2. The lowest BCUT2D eigenvalue weighted by Crippen LogP contribution is -2.48. The molecule has 1 fully saturated rings. The molecule has 1 saturated heterocycles. The van der Waals surface area contributed by atoms with E-state index in [-0.39, 0.29) is 10.7 Å². The van der Waals surface area contributed by atoms with Crippen molar-refractivity contribution in [1.82, 2.24) is 14.8 Å². The number of piperazine rings is 1. The second-order valence-electron chi connectivity index (χ2n) is 7.99. The minimum atomic E-state index is -3.67. The SMILES string of the molecule is Cc1cc(-c2ccc(C)c(S(=O)(=O)NCCN3CCN(c4ccccc4F)CC3)c2)on1. The molecule has 0 saturated carbocycles. The lowest BCUT2D eigenvalue weighted by atomic mass is 10.1. The van der Waals surface area contributed by atoms with E-state index in [2.05, 4.69) is 14.8 Å². The number of nitrogens with zero attached hydrogens (tertiary/aromatic N) is 3. The number of anilines is 1. The van der Waals surface area contributed by atoms with Crippen LogP contribution in [0.15, 0.2) is 57.9 Å². The zero-order chi connectivity index (χ0) is 22.7. The van der Waals surface area contributed by atoms with Crippen molar-refractivity contribution in [2.45, 2.75) is 18.7 Å². The molecule has 0 bridgehead atoms. The van der Waals surface area contributed by atoms with Gasteiger partial charge in [-0.3, -0.25) is 4.90 Å². The Bertz CT molecular complexity index is 1190. The van der Waals surface area contributed by atoms with Gasteiger partial charge in [-0.25, -0.2) is 17.5 Å². The van der Waals surface area contributed by atoms with Crippen molar-refractivity contribution >= 4 is 15.7 Å². The Labute approximate surface area is 187 Å². The van der Waals surface area contributed by atoms with Gasteiger partial charge in [-0.1, -0.05) is 29.4 Å². The molecule has 0 amide bonds. The van der Waals surface area contributed by atoms with E-state index >= 15 is 0 Å². The topological polar surface area (TPSA) is 78.7 Å². The molecule has 1 N–H and O–H groups in total. The molecule has 9 heteroatoms. The highest BCUT2D eigenvalue weighted by Gasteiger charge is 2.21. The van der Waals surface area contributed by atoms with E-state index < -0.39 is 10.0 Å². The maximum Gasteiger partial charge on any atom is 0.240 e. The monoisotopic (exact) mass is 458 g/mol. The van der Waals surface area contributed by atoms with Crippen molar-refractivity contribution in [1.29, 1.82) is 0 Å². The maximum atomic E-state index is 14.0. The molecule has 0 spiro atoms. The quantitative estimate of drug-likeness (QED) is 0.586. The number of aromatic nitrogens is 1. The molecule has 1 aliphatic heterocycles. The number of nitrogens with one attached hydrogen (secondary N) is 1. The van der Waals surface area contributed by atoms with Crippen LogP contribution in [0.1, 0.15) is 11.3 Å². The average molecular weight is 459 g/mol. The van der Waals surface area contributed by atoms with Gasteiger partial charge in [0.25, 0.3) is 0 Å². The number of benzene rings is 2. The molecular formula is C23H27FN4O3S. The summed E-state index contributed by atoms with van der Waals surface area (Å²) in [5.74, 6) is 0.318. The van der Waals surface area contributed by atoms with Crippen molar-refractivity contribution in [2.75, 3.05) is 44.2 Å². The van der Waals surface area contributed by atoms with Crippen LogP contribution in [0.25, 0.3) is 11.3 Å². The molecular weight excluding hydrogens is 431 g/mol. The van der Waals surface area contributed by atoms with Gasteiger partial charge in [-0.15, -0.1) is 0 Å². The largest absolute Gasteiger partial charge is 0.367 e. The summed E-state index contributed by atoms with van der Waals surface area (Å²) in [6, 6.07) is 13.8. The minimum absolute atomic E-state index is 0.216. The molecule has 7 nitrogen and oxygen atoms in total. The number of rotatable bonds is 7. The van der Waals surface area contributed by atoms with Crippen molar-refractivity contribution in [3.8, 4) is 11.3 Å². The molecule has 3 aromatic rings. The smallest absolute Gasteiger partial charge is 0.240 e. The minimum Gasteiger partial charge on any atom is -0.367 e. The summed E-state index contributed by atoms with van der Waals surface area (Å²) in [4.78, 5) is 4.43. The van der Waals surface area contributed by atoms with Gasteiger partial charge in [0, 0.05) is 50.9 Å². The summed E-state index contributed by atoms with van der Waals surface area (Å²) in [5.41, 5.74) is 2.68. The molecule has 32 heavy (non-hydrogen) atoms. The Kier molecular flexibility index (Phi) is 6.59. The van der Waals surface area contributed by atoms with Crippen molar-refractivity contribution in [3.05, 3.63) is 65.6 Å². The first-order chi connectivity index (χ1) is 15.3. The molecule has 0 aliphatic carbocycles. The maximum absolute atomic E-state index is 14.0. The van der Waals surface area contributed by atoms with Gasteiger partial charge in [-0.2, -0.15) is 0 Å². The van der Waals surface area contributed by atoms with Gasteiger partial charge in [-0.05, 0) is 37.6 Å². The van der Waals surface area contributed by atoms with Crippen molar-refractivity contribution in [2.24, 2.45) is 0 Å². The molecule has 0 unspecified atom stereocenters. The fraction of sp³-hybridized carbons (Fsp3) is 0.348. The first-order valence-electron chi connectivity index (χ1n) is 10.6. The van der Waals surface area contributed by atoms with Gasteiger partial charge in [0.2, 0.25) is 10.0 Å². The molecule has 1 aromatic heterocycles. The third-order valence-corrected chi connectivity index (χ3v) is 7.28. The average Bonchev–Trinajstić information content (AvgIpc) is 3.21. The predicted octanol–water partition coefficient (Wildman–Crippen LogP) is 3.20. The van der Waals surface area contributed by atoms with E-state index in [0.717, 1.165) is 18.8 Å². The number of aryl methyl sites for hydroxylation is 2. The normalized spacial score (nSPS) is 15.3. The number of sulfonamides is 1. The van der Waals surface area contributed by atoms with E-state index in [9.17, 15) is 12.8 Å². The Morgan fingerprint density at radius 2 is 1.81 bits per heavy atom. The summed E-state index contributed by atoms with van der Waals surface area (Å²) in [6.07, 6.45) is 0. The van der Waals surface area contributed by atoms with Crippen LogP contribution in [0.2, 0.25) is 0 Å². The first kappa shape index (κ1) is 22.4. The zero-order valence-corrected chi connectivity index (χ0v) is 19.0. The molecule has 1 aliphatic rings. The number of hydrogen-bond donors (Lipinski definition) is 1. The number of para-hydroxylation sites is 1. The fourth-order valence-corrected chi connectivity index (χ4v) is 5.17. The number of halogens is 1. The summed E-state index contributed by atoms with van der Waals surface area (Å²) in [7, 11) is -3.67. The Morgan fingerprint density at radius 1 is 1.06 bits per heavy atom. The first-order valence-corrected chi connectivity index (χ1v) is 12.1. The van der Waals surface area contributed by atoms with Crippen molar-refractivity contribution < 1.29 is 17.3 Å². The van der Waals surface area contributed by atoms with Crippen LogP contribution in [-0.2, 0) is 10.0 Å². The van der Waals surface area contributed by atoms with Gasteiger partial charge >= 0.3 is 0 Å². The van der Waals surface area contributed by atoms with E-state index in [4.69, 9.17) is 4.52 Å². The summed E-state index contributed by atoms with van der Waals surface area (Å²) >= 11 is 0. The van der Waals surface area contributed by atoms with Crippen LogP contribution in [0.4, 0.5) is 10.1 Å². The van der Waals surface area contributed by atoms with Crippen LogP contribution in [0.5, 0.6) is 0 Å². The second-order valence-corrected chi connectivity index (χ2v) is 9.73.